The van der Waals surface area contributed by atoms with E-state index in [9.17, 15) is 9.59 Å². The lowest BCUT2D eigenvalue weighted by molar-refractivity contribution is -0.145. The molecule has 2 atom stereocenters. The summed E-state index contributed by atoms with van der Waals surface area (Å²) >= 11 is 5.90. The van der Waals surface area contributed by atoms with Gasteiger partial charge in [0.2, 0.25) is 5.91 Å². The normalized spacial score (nSPS) is 22.2. The molecule has 1 aliphatic carbocycles. The molecule has 2 rings (SSSR count). The lowest BCUT2D eigenvalue weighted by Crippen LogP contribution is -2.30. The molecule has 0 aromatic carbocycles. The number of hydrogen-bond donors (Lipinski definition) is 2. The SMILES string of the molecule is Cc1cnc(Cl)c(NC(=O)[C@@H]2CCC[C@@H]2C(=O)O)c1. The van der Waals surface area contributed by atoms with Gasteiger partial charge in [0.25, 0.3) is 0 Å². The van der Waals surface area contributed by atoms with E-state index in [1.54, 1.807) is 12.3 Å². The maximum atomic E-state index is 12.1. The number of anilines is 1. The van der Waals surface area contributed by atoms with Crippen LogP contribution in [0.3, 0.4) is 0 Å². The number of carboxylic acids is 1. The molecule has 6 heteroatoms. The van der Waals surface area contributed by atoms with E-state index in [0.717, 1.165) is 12.0 Å². The molecular formula is C13H15ClN2O3. The van der Waals surface area contributed by atoms with E-state index in [-0.39, 0.29) is 11.1 Å². The van der Waals surface area contributed by atoms with Gasteiger partial charge < -0.3 is 10.4 Å². The van der Waals surface area contributed by atoms with Crippen LogP contribution in [0.4, 0.5) is 5.69 Å². The molecule has 0 aliphatic heterocycles. The van der Waals surface area contributed by atoms with E-state index in [1.807, 2.05) is 6.92 Å². The van der Waals surface area contributed by atoms with Gasteiger partial charge in [-0.3, -0.25) is 9.59 Å². The van der Waals surface area contributed by atoms with Crippen LogP contribution in [0.15, 0.2) is 12.3 Å². The number of hydrogen-bond acceptors (Lipinski definition) is 3. The fourth-order valence-corrected chi connectivity index (χ4v) is 2.59. The number of nitrogens with one attached hydrogen (secondary N) is 1. The Hall–Kier alpha value is -1.62. The summed E-state index contributed by atoms with van der Waals surface area (Å²) in [6, 6.07) is 1.72. The molecular weight excluding hydrogens is 268 g/mol. The Labute approximate surface area is 116 Å². The summed E-state index contributed by atoms with van der Waals surface area (Å²) < 4.78 is 0. The molecule has 2 N–H and O–H groups in total. The van der Waals surface area contributed by atoms with Crippen molar-refractivity contribution in [3.05, 3.63) is 23.0 Å². The van der Waals surface area contributed by atoms with E-state index >= 15 is 0 Å². The summed E-state index contributed by atoms with van der Waals surface area (Å²) in [6.07, 6.45) is 3.51. The van der Waals surface area contributed by atoms with Crippen LogP contribution in [0.2, 0.25) is 5.15 Å². The van der Waals surface area contributed by atoms with E-state index in [4.69, 9.17) is 16.7 Å². The van der Waals surface area contributed by atoms with E-state index in [0.29, 0.717) is 18.5 Å². The molecule has 102 valence electrons. The number of carbonyl (C=O) groups is 2. The standard InChI is InChI=1S/C13H15ClN2O3/c1-7-5-10(11(14)15-6-7)16-12(17)8-3-2-4-9(8)13(18)19/h5-6,8-9H,2-4H2,1H3,(H,16,17)(H,18,19)/t8-,9+/m1/s1. The van der Waals surface area contributed by atoms with Gasteiger partial charge in [0.15, 0.2) is 5.15 Å². The van der Waals surface area contributed by atoms with E-state index < -0.39 is 17.8 Å². The number of carboxylic acid groups (broad SMARTS) is 1. The third-order valence-electron chi connectivity index (χ3n) is 3.40. The van der Waals surface area contributed by atoms with Gasteiger partial charge in [-0.05, 0) is 31.4 Å². The number of aromatic nitrogens is 1. The van der Waals surface area contributed by atoms with Gasteiger partial charge in [-0.15, -0.1) is 0 Å². The first kappa shape index (κ1) is 13.8. The molecule has 0 saturated heterocycles. The second-order valence-electron chi connectivity index (χ2n) is 4.82. The minimum Gasteiger partial charge on any atom is -0.481 e. The van der Waals surface area contributed by atoms with Crippen molar-refractivity contribution in [2.45, 2.75) is 26.2 Å². The van der Waals surface area contributed by atoms with Crippen LogP contribution in [-0.2, 0) is 9.59 Å². The van der Waals surface area contributed by atoms with Crippen molar-refractivity contribution in [1.29, 1.82) is 0 Å². The highest BCUT2D eigenvalue weighted by Crippen LogP contribution is 2.33. The Kier molecular flexibility index (Phi) is 4.04. The molecule has 0 bridgehead atoms. The van der Waals surface area contributed by atoms with Crippen molar-refractivity contribution >= 4 is 29.2 Å². The first-order valence-corrected chi connectivity index (χ1v) is 6.52. The zero-order valence-electron chi connectivity index (χ0n) is 10.5. The summed E-state index contributed by atoms with van der Waals surface area (Å²) in [7, 11) is 0. The monoisotopic (exact) mass is 282 g/mol. The van der Waals surface area contributed by atoms with E-state index in [2.05, 4.69) is 10.3 Å². The summed E-state index contributed by atoms with van der Waals surface area (Å²) in [5.74, 6) is -2.30. The molecule has 0 spiro atoms. The first-order chi connectivity index (χ1) is 8.99. The lowest BCUT2D eigenvalue weighted by Gasteiger charge is -2.16. The van der Waals surface area contributed by atoms with Crippen LogP contribution in [0.25, 0.3) is 0 Å². The third kappa shape index (κ3) is 3.04. The molecule has 1 amide bonds. The van der Waals surface area contributed by atoms with Gasteiger partial charge in [0.1, 0.15) is 0 Å². The summed E-state index contributed by atoms with van der Waals surface area (Å²) in [4.78, 5) is 27.2. The maximum absolute atomic E-state index is 12.1. The number of rotatable bonds is 3. The zero-order valence-corrected chi connectivity index (χ0v) is 11.3. The molecule has 1 aromatic heterocycles. The molecule has 1 aliphatic rings. The van der Waals surface area contributed by atoms with Crippen LogP contribution in [0.5, 0.6) is 0 Å². The van der Waals surface area contributed by atoms with Gasteiger partial charge in [-0.25, -0.2) is 4.98 Å². The number of amides is 1. The van der Waals surface area contributed by atoms with Gasteiger partial charge in [0, 0.05) is 6.20 Å². The minimum absolute atomic E-state index is 0.212. The third-order valence-corrected chi connectivity index (χ3v) is 3.70. The molecule has 1 fully saturated rings. The quantitative estimate of drug-likeness (QED) is 0.835. The highest BCUT2D eigenvalue weighted by atomic mass is 35.5. The van der Waals surface area contributed by atoms with Crippen LogP contribution < -0.4 is 5.32 Å². The first-order valence-electron chi connectivity index (χ1n) is 6.15. The van der Waals surface area contributed by atoms with Crippen LogP contribution in [0, 0.1) is 18.8 Å². The molecule has 1 heterocycles. The van der Waals surface area contributed by atoms with Crippen molar-refractivity contribution in [2.24, 2.45) is 11.8 Å². The number of carbonyl (C=O) groups excluding carboxylic acids is 1. The molecule has 0 unspecified atom stereocenters. The predicted octanol–water partition coefficient (Wildman–Crippen LogP) is 2.48. The molecule has 19 heavy (non-hydrogen) atoms. The Morgan fingerprint density at radius 1 is 1.42 bits per heavy atom. The predicted molar refractivity (Wildman–Crippen MR) is 71.1 cm³/mol. The number of halogens is 1. The Morgan fingerprint density at radius 2 is 2.11 bits per heavy atom. The molecule has 1 aromatic rings. The largest absolute Gasteiger partial charge is 0.481 e. The maximum Gasteiger partial charge on any atom is 0.307 e. The molecule has 5 nitrogen and oxygen atoms in total. The summed E-state index contributed by atoms with van der Waals surface area (Å²) in [5, 5.41) is 12.0. The van der Waals surface area contributed by atoms with Crippen molar-refractivity contribution in [3.63, 3.8) is 0 Å². The van der Waals surface area contributed by atoms with Crippen LogP contribution in [0.1, 0.15) is 24.8 Å². The highest BCUT2D eigenvalue weighted by Gasteiger charge is 2.37. The highest BCUT2D eigenvalue weighted by molar-refractivity contribution is 6.32. The van der Waals surface area contributed by atoms with Crippen molar-refractivity contribution < 1.29 is 14.7 Å². The molecule has 1 saturated carbocycles. The second-order valence-corrected chi connectivity index (χ2v) is 5.18. The zero-order chi connectivity index (χ0) is 14.0. The number of aryl methyl sites for hydroxylation is 1. The van der Waals surface area contributed by atoms with Crippen LogP contribution >= 0.6 is 11.6 Å². The number of pyridine rings is 1. The van der Waals surface area contributed by atoms with Crippen molar-refractivity contribution in [3.8, 4) is 0 Å². The fraction of sp³-hybridized carbons (Fsp3) is 0.462. The summed E-state index contributed by atoms with van der Waals surface area (Å²) in [6.45, 7) is 1.84. The summed E-state index contributed by atoms with van der Waals surface area (Å²) in [5.41, 5.74) is 1.31. The van der Waals surface area contributed by atoms with Crippen molar-refractivity contribution in [2.75, 3.05) is 5.32 Å². The van der Waals surface area contributed by atoms with Gasteiger partial charge in [-0.1, -0.05) is 18.0 Å². The lowest BCUT2D eigenvalue weighted by atomic mass is 9.95. The number of nitrogens with zero attached hydrogens (tertiary/aromatic N) is 1. The average Bonchev–Trinajstić information content (AvgIpc) is 2.83. The smallest absolute Gasteiger partial charge is 0.307 e. The number of aliphatic carboxylic acids is 1. The Bertz CT molecular complexity index is 519. The van der Waals surface area contributed by atoms with Crippen molar-refractivity contribution in [1.82, 2.24) is 4.98 Å². The van der Waals surface area contributed by atoms with Crippen LogP contribution in [-0.4, -0.2) is 22.0 Å². The second kappa shape index (κ2) is 5.57. The topological polar surface area (TPSA) is 79.3 Å². The average molecular weight is 283 g/mol. The molecule has 0 radical (unpaired) electrons. The van der Waals surface area contributed by atoms with Gasteiger partial charge >= 0.3 is 5.97 Å². The van der Waals surface area contributed by atoms with Gasteiger partial charge in [0.05, 0.1) is 17.5 Å². The fourth-order valence-electron chi connectivity index (χ4n) is 2.44. The Balaban J connectivity index is 2.12. The van der Waals surface area contributed by atoms with Gasteiger partial charge in [-0.2, -0.15) is 0 Å². The Morgan fingerprint density at radius 3 is 2.79 bits per heavy atom. The minimum atomic E-state index is -0.911. The van der Waals surface area contributed by atoms with E-state index in [1.165, 1.54) is 0 Å².